The zero-order chi connectivity index (χ0) is 31.3. The molecule has 0 saturated carbocycles. The number of hydrogen-bond donors (Lipinski definition) is 0. The Morgan fingerprint density at radius 1 is 0.479 bits per heavy atom. The summed E-state index contributed by atoms with van der Waals surface area (Å²) in [6.07, 6.45) is 2.12. The molecule has 0 aliphatic carbocycles. The van der Waals surface area contributed by atoms with E-state index in [0.29, 0.717) is 0 Å². The lowest BCUT2D eigenvalue weighted by atomic mass is 10.1. The van der Waals surface area contributed by atoms with E-state index in [1.54, 1.807) is 0 Å². The molecule has 48 heavy (non-hydrogen) atoms. The molecule has 0 aliphatic rings. The first-order valence-corrected chi connectivity index (χ1v) is 17.0. The Bertz CT molecular complexity index is 3010. The maximum absolute atomic E-state index is 5.03. The minimum Gasteiger partial charge on any atom is -0.309 e. The summed E-state index contributed by atoms with van der Waals surface area (Å²) in [5.41, 5.74) is 10.3. The fraction of sp³-hybridized carbons (Fsp3) is 0. The van der Waals surface area contributed by atoms with Crippen LogP contribution in [0.3, 0.4) is 0 Å². The topological polar surface area (TPSA) is 27.2 Å². The molecular weight excluding hydrogens is 605 g/mol. The molecule has 0 amide bonds. The van der Waals surface area contributed by atoms with Crippen LogP contribution in [0.4, 0.5) is 0 Å². The highest BCUT2D eigenvalue weighted by Crippen LogP contribution is 2.45. The first-order chi connectivity index (χ1) is 23.8. The van der Waals surface area contributed by atoms with E-state index >= 15 is 0 Å². The van der Waals surface area contributed by atoms with Crippen molar-refractivity contribution in [2.45, 2.75) is 0 Å². The average molecular weight is 631 g/mol. The highest BCUT2D eigenvalue weighted by Gasteiger charge is 2.21. The Morgan fingerprint density at radius 3 is 2.12 bits per heavy atom. The van der Waals surface area contributed by atoms with Gasteiger partial charge in [0.15, 0.2) is 0 Å². The van der Waals surface area contributed by atoms with Gasteiger partial charge in [-0.1, -0.05) is 91.0 Å². The van der Waals surface area contributed by atoms with Gasteiger partial charge in [-0.2, -0.15) is 5.10 Å². The van der Waals surface area contributed by atoms with Gasteiger partial charge >= 0.3 is 0 Å². The highest BCUT2D eigenvalue weighted by molar-refractivity contribution is 7.26. The third kappa shape index (κ3) is 3.62. The van der Waals surface area contributed by atoms with E-state index in [4.69, 9.17) is 5.10 Å². The molecule has 0 saturated heterocycles. The summed E-state index contributed by atoms with van der Waals surface area (Å²) in [6, 6.07) is 54.8. The van der Waals surface area contributed by atoms with Gasteiger partial charge in [-0.3, -0.25) is 0 Å². The van der Waals surface area contributed by atoms with Gasteiger partial charge in [0.25, 0.3) is 0 Å². The van der Waals surface area contributed by atoms with E-state index in [1.165, 1.54) is 69.5 Å². The van der Waals surface area contributed by atoms with Gasteiger partial charge in [0.05, 0.1) is 38.0 Å². The quantitative estimate of drug-likeness (QED) is 0.191. The molecular formula is C43H26N4S. The second kappa shape index (κ2) is 9.67. The number of nitrogens with zero attached hydrogens (tertiary/aromatic N) is 4. The smallest absolute Gasteiger partial charge is 0.0934 e. The molecule has 0 unspecified atom stereocenters. The van der Waals surface area contributed by atoms with Gasteiger partial charge in [-0.05, 0) is 66.0 Å². The zero-order valence-corrected chi connectivity index (χ0v) is 26.5. The summed E-state index contributed by atoms with van der Waals surface area (Å²) in [6.45, 7) is 0. The Morgan fingerprint density at radius 2 is 1.21 bits per heavy atom. The van der Waals surface area contributed by atoms with Gasteiger partial charge < -0.3 is 9.13 Å². The average Bonchev–Trinajstić information content (AvgIpc) is 3.89. The van der Waals surface area contributed by atoms with Gasteiger partial charge in [0.2, 0.25) is 0 Å². The number of pyridine rings is 1. The van der Waals surface area contributed by atoms with Crippen LogP contribution in [0.15, 0.2) is 158 Å². The van der Waals surface area contributed by atoms with Crippen molar-refractivity contribution in [3.8, 4) is 22.6 Å². The molecule has 4 nitrogen and oxygen atoms in total. The maximum Gasteiger partial charge on any atom is 0.0934 e. The predicted octanol–water partition coefficient (Wildman–Crippen LogP) is 11.6. The second-order valence-corrected chi connectivity index (χ2v) is 13.6. The predicted molar refractivity (Wildman–Crippen MR) is 202 cm³/mol. The molecule has 0 spiro atoms. The first kappa shape index (κ1) is 26.0. The van der Waals surface area contributed by atoms with Crippen LogP contribution in [0.2, 0.25) is 0 Å². The monoisotopic (exact) mass is 630 g/mol. The van der Waals surface area contributed by atoms with E-state index in [-0.39, 0.29) is 0 Å². The van der Waals surface area contributed by atoms with Crippen LogP contribution in [0.5, 0.6) is 0 Å². The molecule has 5 aromatic heterocycles. The third-order valence-corrected chi connectivity index (χ3v) is 11.0. The van der Waals surface area contributed by atoms with Crippen molar-refractivity contribution in [2.75, 3.05) is 0 Å². The van der Waals surface area contributed by atoms with E-state index in [0.717, 1.165) is 22.5 Å². The summed E-state index contributed by atoms with van der Waals surface area (Å²) < 4.78 is 9.49. The van der Waals surface area contributed by atoms with E-state index in [1.807, 2.05) is 15.9 Å². The van der Waals surface area contributed by atoms with Gasteiger partial charge in [-0.25, -0.2) is 4.52 Å². The van der Waals surface area contributed by atoms with Crippen LogP contribution in [0.1, 0.15) is 0 Å². The molecule has 0 fully saturated rings. The summed E-state index contributed by atoms with van der Waals surface area (Å²) in [4.78, 5) is 0. The summed E-state index contributed by atoms with van der Waals surface area (Å²) in [5, 5.41) is 12.5. The largest absolute Gasteiger partial charge is 0.309 e. The number of hydrogen-bond acceptors (Lipinski definition) is 2. The molecule has 0 aliphatic heterocycles. The van der Waals surface area contributed by atoms with Crippen LogP contribution < -0.4 is 0 Å². The van der Waals surface area contributed by atoms with Crippen molar-refractivity contribution in [3.63, 3.8) is 0 Å². The van der Waals surface area contributed by atoms with Crippen molar-refractivity contribution in [2.24, 2.45) is 0 Å². The fourth-order valence-electron chi connectivity index (χ4n) is 7.67. The van der Waals surface area contributed by atoms with Crippen molar-refractivity contribution < 1.29 is 0 Å². The van der Waals surface area contributed by atoms with Crippen LogP contribution in [-0.4, -0.2) is 18.7 Å². The normalized spacial score (nSPS) is 12.2. The molecule has 0 atom stereocenters. The fourth-order valence-corrected chi connectivity index (χ4v) is 8.88. The maximum atomic E-state index is 5.03. The van der Waals surface area contributed by atoms with Crippen molar-refractivity contribution in [3.05, 3.63) is 158 Å². The minimum atomic E-state index is 0.961. The lowest BCUT2D eigenvalue weighted by Crippen LogP contribution is -1.95. The Kier molecular flexibility index (Phi) is 5.23. The zero-order valence-electron chi connectivity index (χ0n) is 25.7. The molecule has 0 N–H and O–H groups in total. The van der Waals surface area contributed by atoms with Gasteiger partial charge in [0.1, 0.15) is 0 Å². The standard InChI is InChI=1S/C43H26N4S/c1-2-14-30(15-3-1)46-38-19-8-6-17-33(38)35-24-40-36(25-39(35)46)43-42(34-18-7-9-20-41(34)48-43)47(40)31-16-10-13-28(22-31)37-23-32-21-27-11-4-5-12-29(27)26-45(32)44-37/h1-26H. The van der Waals surface area contributed by atoms with Gasteiger partial charge in [-0.15, -0.1) is 11.3 Å². The number of benzene rings is 6. The second-order valence-electron chi connectivity index (χ2n) is 12.5. The SMILES string of the molecule is c1ccc(-n2c3ccccc3c3cc4c(cc32)c2sc3ccccc3c2n4-c2cccc(-c3cc4cc5ccccc5cn4n3)c2)cc1. The number of thiophene rings is 1. The number of rotatable bonds is 3. The van der Waals surface area contributed by atoms with Crippen molar-refractivity contribution >= 4 is 80.6 Å². The van der Waals surface area contributed by atoms with E-state index < -0.39 is 0 Å². The van der Waals surface area contributed by atoms with Crippen LogP contribution in [-0.2, 0) is 0 Å². The summed E-state index contributed by atoms with van der Waals surface area (Å²) in [5.74, 6) is 0. The third-order valence-electron chi connectivity index (χ3n) is 9.81. The lowest BCUT2D eigenvalue weighted by molar-refractivity contribution is 0.974. The molecule has 11 rings (SSSR count). The minimum absolute atomic E-state index is 0.961. The highest BCUT2D eigenvalue weighted by atomic mass is 32.1. The van der Waals surface area contributed by atoms with E-state index in [2.05, 4.69) is 167 Å². The summed E-state index contributed by atoms with van der Waals surface area (Å²) >= 11 is 1.88. The van der Waals surface area contributed by atoms with Gasteiger partial charge in [0, 0.05) is 54.8 Å². The molecule has 0 radical (unpaired) electrons. The van der Waals surface area contributed by atoms with Crippen LogP contribution >= 0.6 is 11.3 Å². The lowest BCUT2D eigenvalue weighted by Gasteiger charge is -2.10. The number of para-hydroxylation sites is 2. The molecule has 224 valence electrons. The Balaban J connectivity index is 1.21. The molecule has 11 aromatic rings. The summed E-state index contributed by atoms with van der Waals surface area (Å²) in [7, 11) is 0. The molecule has 5 heteroatoms. The molecule has 6 aromatic carbocycles. The Hall–Kier alpha value is -6.17. The van der Waals surface area contributed by atoms with Crippen LogP contribution in [0, 0.1) is 0 Å². The first-order valence-electron chi connectivity index (χ1n) is 16.2. The van der Waals surface area contributed by atoms with Crippen molar-refractivity contribution in [1.82, 2.24) is 18.7 Å². The number of aromatic nitrogens is 4. The number of fused-ring (bicyclic) bond motifs is 10. The Labute approximate surface area is 278 Å². The molecule has 0 bridgehead atoms. The van der Waals surface area contributed by atoms with Crippen molar-refractivity contribution in [1.29, 1.82) is 0 Å². The van der Waals surface area contributed by atoms with E-state index in [9.17, 15) is 0 Å². The van der Waals surface area contributed by atoms with Crippen LogP contribution in [0.25, 0.3) is 91.9 Å². The molecule has 5 heterocycles.